The number of nitrogens with one attached hydrogen (secondary N) is 2. The van der Waals surface area contributed by atoms with E-state index in [-0.39, 0.29) is 5.95 Å². The lowest BCUT2D eigenvalue weighted by molar-refractivity contribution is 0.0602. The third-order valence-electron chi connectivity index (χ3n) is 3.59. The third-order valence-corrected chi connectivity index (χ3v) is 3.82. The van der Waals surface area contributed by atoms with E-state index in [0.29, 0.717) is 22.1 Å². The Morgan fingerprint density at radius 3 is 2.69 bits per heavy atom. The fourth-order valence-electron chi connectivity index (χ4n) is 2.32. The predicted octanol–water partition coefficient (Wildman–Crippen LogP) is 4.11. The quantitative estimate of drug-likeness (QED) is 0.654. The van der Waals surface area contributed by atoms with E-state index in [1.165, 1.54) is 13.3 Å². The summed E-state index contributed by atoms with van der Waals surface area (Å²) in [6, 6.07) is 12.4. The molecule has 0 atom stereocenters. The van der Waals surface area contributed by atoms with Gasteiger partial charge in [0, 0.05) is 10.7 Å². The van der Waals surface area contributed by atoms with E-state index in [4.69, 9.17) is 16.3 Å². The van der Waals surface area contributed by atoms with Gasteiger partial charge in [-0.05, 0) is 42.8 Å². The Morgan fingerprint density at radius 2 is 1.92 bits per heavy atom. The van der Waals surface area contributed by atoms with Gasteiger partial charge in [-0.1, -0.05) is 23.7 Å². The first-order valence-electron chi connectivity index (χ1n) is 7.74. The summed E-state index contributed by atoms with van der Waals surface area (Å²) in [5, 5.41) is 14.7. The van der Waals surface area contributed by atoms with Crippen molar-refractivity contribution in [3.05, 3.63) is 64.8 Å². The molecule has 0 aliphatic heterocycles. The highest BCUT2D eigenvalue weighted by molar-refractivity contribution is 6.30. The minimum atomic E-state index is -0.452. The molecule has 2 N–H and O–H groups in total. The first kappa shape index (κ1) is 17.6. The summed E-state index contributed by atoms with van der Waals surface area (Å²) in [7, 11) is 1.33. The molecule has 0 saturated heterocycles. The van der Waals surface area contributed by atoms with Crippen molar-refractivity contribution in [3.8, 4) is 0 Å². The van der Waals surface area contributed by atoms with Crippen molar-refractivity contribution in [2.24, 2.45) is 0 Å². The number of ether oxygens (including phenoxy) is 1. The molecule has 132 valence electrons. The summed E-state index contributed by atoms with van der Waals surface area (Å²) in [4.78, 5) is 16.2. The Labute approximate surface area is 155 Å². The number of benzene rings is 2. The van der Waals surface area contributed by atoms with Gasteiger partial charge < -0.3 is 15.4 Å². The zero-order valence-corrected chi connectivity index (χ0v) is 14.9. The van der Waals surface area contributed by atoms with Crippen LogP contribution in [-0.4, -0.2) is 28.3 Å². The number of halogens is 1. The molecule has 3 rings (SSSR count). The van der Waals surface area contributed by atoms with Crippen molar-refractivity contribution < 1.29 is 9.53 Å². The molecule has 1 heterocycles. The van der Waals surface area contributed by atoms with Crippen molar-refractivity contribution in [3.63, 3.8) is 0 Å². The lowest BCUT2D eigenvalue weighted by Crippen LogP contribution is -2.08. The second-order valence-corrected chi connectivity index (χ2v) is 5.85. The van der Waals surface area contributed by atoms with E-state index in [2.05, 4.69) is 25.8 Å². The van der Waals surface area contributed by atoms with Crippen LogP contribution >= 0.6 is 11.6 Å². The summed E-state index contributed by atoms with van der Waals surface area (Å²) in [6.45, 7) is 1.94. The molecular formula is C18H16ClN5O2. The summed E-state index contributed by atoms with van der Waals surface area (Å²) in [6.07, 6.45) is 1.51. The summed E-state index contributed by atoms with van der Waals surface area (Å²) >= 11 is 5.97. The van der Waals surface area contributed by atoms with Gasteiger partial charge in [0.1, 0.15) is 0 Å². The number of anilines is 4. The van der Waals surface area contributed by atoms with Gasteiger partial charge in [-0.25, -0.2) is 4.79 Å². The second kappa shape index (κ2) is 7.79. The van der Waals surface area contributed by atoms with Crippen LogP contribution in [0.2, 0.25) is 5.02 Å². The normalized spacial score (nSPS) is 10.3. The van der Waals surface area contributed by atoms with Gasteiger partial charge in [0.05, 0.1) is 24.6 Å². The molecule has 0 aliphatic rings. The first-order chi connectivity index (χ1) is 12.6. The highest BCUT2D eigenvalue weighted by Crippen LogP contribution is 2.24. The van der Waals surface area contributed by atoms with Gasteiger partial charge in [0.15, 0.2) is 5.82 Å². The molecule has 0 amide bonds. The zero-order chi connectivity index (χ0) is 18.5. The summed E-state index contributed by atoms with van der Waals surface area (Å²) in [5.74, 6) is 0.300. The van der Waals surface area contributed by atoms with Crippen LogP contribution < -0.4 is 10.6 Å². The largest absolute Gasteiger partial charge is 0.465 e. The molecule has 3 aromatic rings. The van der Waals surface area contributed by atoms with Crippen LogP contribution in [0.4, 0.5) is 23.1 Å². The van der Waals surface area contributed by atoms with Crippen molar-refractivity contribution >= 4 is 40.7 Å². The van der Waals surface area contributed by atoms with Crippen LogP contribution in [0.3, 0.4) is 0 Å². The van der Waals surface area contributed by atoms with Crippen LogP contribution in [0.1, 0.15) is 15.9 Å². The van der Waals surface area contributed by atoms with Gasteiger partial charge in [-0.2, -0.15) is 10.1 Å². The van der Waals surface area contributed by atoms with Crippen molar-refractivity contribution in [1.29, 1.82) is 0 Å². The standard InChI is InChI=1S/C18H16ClN5O2/c1-11-9-12(19)7-8-14(11)21-16-10-20-24-18(23-16)22-15-6-4-3-5-13(15)17(25)26-2/h3-10H,1-2H3,(H2,21,22,23,24). The van der Waals surface area contributed by atoms with Gasteiger partial charge in [-0.15, -0.1) is 5.10 Å². The molecule has 0 spiro atoms. The minimum Gasteiger partial charge on any atom is -0.465 e. The maximum Gasteiger partial charge on any atom is 0.339 e. The Balaban J connectivity index is 1.83. The van der Waals surface area contributed by atoms with Crippen LogP contribution in [-0.2, 0) is 4.74 Å². The average molecular weight is 370 g/mol. The molecule has 1 aromatic heterocycles. The molecule has 0 bridgehead atoms. The van der Waals surface area contributed by atoms with Crippen LogP contribution in [0.25, 0.3) is 0 Å². The van der Waals surface area contributed by atoms with E-state index in [9.17, 15) is 4.79 Å². The first-order valence-corrected chi connectivity index (χ1v) is 8.12. The highest BCUT2D eigenvalue weighted by Gasteiger charge is 2.12. The monoisotopic (exact) mass is 369 g/mol. The number of carbonyl (C=O) groups is 1. The maximum absolute atomic E-state index is 11.9. The number of rotatable bonds is 5. The van der Waals surface area contributed by atoms with Gasteiger partial charge >= 0.3 is 5.97 Å². The van der Waals surface area contributed by atoms with Gasteiger partial charge in [0.2, 0.25) is 5.95 Å². The molecule has 0 fully saturated rings. The third kappa shape index (κ3) is 4.07. The fourth-order valence-corrected chi connectivity index (χ4v) is 2.55. The number of esters is 1. The molecular weight excluding hydrogens is 354 g/mol. The van der Waals surface area contributed by atoms with E-state index in [1.54, 1.807) is 30.3 Å². The second-order valence-electron chi connectivity index (χ2n) is 5.41. The Morgan fingerprint density at radius 1 is 1.12 bits per heavy atom. The number of hydrogen-bond acceptors (Lipinski definition) is 7. The maximum atomic E-state index is 11.9. The van der Waals surface area contributed by atoms with Crippen LogP contribution in [0.5, 0.6) is 0 Å². The smallest absolute Gasteiger partial charge is 0.339 e. The molecule has 0 unspecified atom stereocenters. The number of hydrogen-bond donors (Lipinski definition) is 2. The molecule has 0 saturated carbocycles. The number of methoxy groups -OCH3 is 1. The molecule has 0 aliphatic carbocycles. The molecule has 0 radical (unpaired) electrons. The molecule has 2 aromatic carbocycles. The van der Waals surface area contributed by atoms with E-state index in [1.807, 2.05) is 19.1 Å². The topological polar surface area (TPSA) is 89.0 Å². The number of para-hydroxylation sites is 1. The average Bonchev–Trinajstić information content (AvgIpc) is 2.64. The van der Waals surface area contributed by atoms with Gasteiger partial charge in [-0.3, -0.25) is 0 Å². The summed E-state index contributed by atoms with van der Waals surface area (Å²) < 4.78 is 4.78. The van der Waals surface area contributed by atoms with Gasteiger partial charge in [0.25, 0.3) is 0 Å². The van der Waals surface area contributed by atoms with E-state index >= 15 is 0 Å². The van der Waals surface area contributed by atoms with Crippen molar-refractivity contribution in [2.45, 2.75) is 6.92 Å². The zero-order valence-electron chi connectivity index (χ0n) is 14.2. The molecule has 7 nitrogen and oxygen atoms in total. The predicted molar refractivity (Wildman–Crippen MR) is 100 cm³/mol. The van der Waals surface area contributed by atoms with Crippen molar-refractivity contribution in [1.82, 2.24) is 15.2 Å². The number of nitrogens with zero attached hydrogens (tertiary/aromatic N) is 3. The number of carbonyl (C=O) groups excluding carboxylic acids is 1. The van der Waals surface area contributed by atoms with Crippen molar-refractivity contribution in [2.75, 3.05) is 17.7 Å². The molecule has 8 heteroatoms. The number of aryl methyl sites for hydroxylation is 1. The van der Waals surface area contributed by atoms with E-state index < -0.39 is 5.97 Å². The summed E-state index contributed by atoms with van der Waals surface area (Å²) in [5.41, 5.74) is 2.74. The Kier molecular flexibility index (Phi) is 5.28. The Bertz CT molecular complexity index is 948. The fraction of sp³-hybridized carbons (Fsp3) is 0.111. The highest BCUT2D eigenvalue weighted by atomic mass is 35.5. The Hall–Kier alpha value is -3.19. The molecule has 26 heavy (non-hydrogen) atoms. The van der Waals surface area contributed by atoms with Crippen LogP contribution in [0.15, 0.2) is 48.7 Å². The number of aromatic nitrogens is 3. The van der Waals surface area contributed by atoms with E-state index in [0.717, 1.165) is 11.3 Å². The lowest BCUT2D eigenvalue weighted by Gasteiger charge is -2.11. The minimum absolute atomic E-state index is 0.248. The SMILES string of the molecule is COC(=O)c1ccccc1Nc1nncc(Nc2ccc(Cl)cc2C)n1. The van der Waals surface area contributed by atoms with Crippen LogP contribution in [0, 0.1) is 6.92 Å². The lowest BCUT2D eigenvalue weighted by atomic mass is 10.2.